The van der Waals surface area contributed by atoms with Crippen LogP contribution >= 0.6 is 11.6 Å². The number of nitrogens with one attached hydrogen (secondary N) is 1. The van der Waals surface area contributed by atoms with Gasteiger partial charge in [-0.2, -0.15) is 0 Å². The number of hydrogen-bond donors (Lipinski definition) is 1. The Labute approximate surface area is 125 Å². The van der Waals surface area contributed by atoms with Crippen LogP contribution in [-0.2, 0) is 7.05 Å². The Bertz CT molecular complexity index is 563. The summed E-state index contributed by atoms with van der Waals surface area (Å²) in [7, 11) is 7.96. The number of benzene rings is 1. The summed E-state index contributed by atoms with van der Waals surface area (Å²) in [6.07, 6.45) is 0. The molecule has 1 N–H and O–H groups in total. The molecule has 0 saturated heterocycles. The van der Waals surface area contributed by atoms with Crippen molar-refractivity contribution in [3.63, 3.8) is 0 Å². The normalized spacial score (nSPS) is 12.9. The molecule has 0 spiro atoms. The first-order chi connectivity index (χ1) is 9.56. The molecular weight excluding hydrogens is 272 g/mol. The Kier molecular flexibility index (Phi) is 4.81. The molecule has 20 heavy (non-hydrogen) atoms. The number of hydrogen-bond acceptors (Lipinski definition) is 3. The Morgan fingerprint density at radius 3 is 2.50 bits per heavy atom. The lowest BCUT2D eigenvalue weighted by Crippen LogP contribution is -2.29. The number of imidazole rings is 1. The van der Waals surface area contributed by atoms with Crippen LogP contribution in [0.3, 0.4) is 0 Å². The molecule has 0 amide bonds. The van der Waals surface area contributed by atoms with Gasteiger partial charge in [0.25, 0.3) is 0 Å². The van der Waals surface area contributed by atoms with Crippen LogP contribution < -0.4 is 5.32 Å². The van der Waals surface area contributed by atoms with E-state index in [0.29, 0.717) is 5.15 Å². The second-order valence-electron chi connectivity index (χ2n) is 5.07. The molecule has 1 atom stereocenters. The minimum absolute atomic E-state index is 0.149. The van der Waals surface area contributed by atoms with E-state index >= 15 is 0 Å². The third-order valence-electron chi connectivity index (χ3n) is 3.42. The van der Waals surface area contributed by atoms with Crippen LogP contribution in [-0.4, -0.2) is 42.1 Å². The lowest BCUT2D eigenvalue weighted by molar-refractivity contribution is 0.289. The highest BCUT2D eigenvalue weighted by atomic mass is 35.5. The van der Waals surface area contributed by atoms with E-state index in [1.165, 1.54) is 0 Å². The second-order valence-corrected chi connectivity index (χ2v) is 5.43. The molecule has 2 aromatic rings. The van der Waals surface area contributed by atoms with E-state index in [-0.39, 0.29) is 6.04 Å². The smallest absolute Gasteiger partial charge is 0.141 e. The molecule has 4 nitrogen and oxygen atoms in total. The van der Waals surface area contributed by atoms with Crippen molar-refractivity contribution in [2.75, 3.05) is 27.7 Å². The number of nitrogens with zero attached hydrogens (tertiary/aromatic N) is 3. The zero-order chi connectivity index (χ0) is 14.7. The average molecular weight is 293 g/mol. The molecule has 0 bridgehead atoms. The Hall–Kier alpha value is -1.36. The highest BCUT2D eigenvalue weighted by molar-refractivity contribution is 6.30. The van der Waals surface area contributed by atoms with E-state index in [2.05, 4.69) is 10.2 Å². The van der Waals surface area contributed by atoms with Crippen molar-refractivity contribution in [2.45, 2.75) is 6.04 Å². The molecule has 0 fully saturated rings. The first-order valence-electron chi connectivity index (χ1n) is 6.64. The van der Waals surface area contributed by atoms with E-state index in [0.717, 1.165) is 23.6 Å². The van der Waals surface area contributed by atoms with Crippen LogP contribution in [0.1, 0.15) is 11.7 Å². The van der Waals surface area contributed by atoms with Gasteiger partial charge in [0.1, 0.15) is 11.0 Å². The number of rotatable bonds is 5. The molecule has 0 aliphatic heterocycles. The van der Waals surface area contributed by atoms with Gasteiger partial charge in [-0.05, 0) is 21.1 Å². The average Bonchev–Trinajstić information content (AvgIpc) is 2.73. The quantitative estimate of drug-likeness (QED) is 0.919. The Morgan fingerprint density at radius 2 is 1.95 bits per heavy atom. The maximum absolute atomic E-state index is 6.48. The highest BCUT2D eigenvalue weighted by Crippen LogP contribution is 2.30. The molecule has 0 aliphatic rings. The summed E-state index contributed by atoms with van der Waals surface area (Å²) in [4.78, 5) is 6.89. The van der Waals surface area contributed by atoms with Gasteiger partial charge in [0.2, 0.25) is 0 Å². The molecule has 0 saturated carbocycles. The van der Waals surface area contributed by atoms with E-state index in [1.807, 2.05) is 63.1 Å². The predicted octanol–water partition coefficient (Wildman–Crippen LogP) is 2.56. The van der Waals surface area contributed by atoms with Crippen molar-refractivity contribution in [3.05, 3.63) is 41.2 Å². The SMILES string of the molecule is CNCC(c1nc(-c2ccccc2)n(C)c1Cl)N(C)C. The fourth-order valence-corrected chi connectivity index (χ4v) is 2.52. The molecule has 1 aromatic heterocycles. The van der Waals surface area contributed by atoms with E-state index in [4.69, 9.17) is 16.6 Å². The standard InChI is InChI=1S/C15H21ClN4/c1-17-10-12(19(2)3)13-14(16)20(4)15(18-13)11-8-6-5-7-9-11/h5-9,12,17H,10H2,1-4H3. The minimum atomic E-state index is 0.149. The Balaban J connectivity index is 2.47. The van der Waals surface area contributed by atoms with Gasteiger partial charge in [0.15, 0.2) is 0 Å². The topological polar surface area (TPSA) is 33.1 Å². The molecule has 1 aromatic carbocycles. The number of halogens is 1. The van der Waals surface area contributed by atoms with Crippen molar-refractivity contribution < 1.29 is 0 Å². The van der Waals surface area contributed by atoms with Gasteiger partial charge in [-0.25, -0.2) is 4.98 Å². The van der Waals surface area contributed by atoms with Crippen LogP contribution in [0, 0.1) is 0 Å². The van der Waals surface area contributed by atoms with Crippen molar-refractivity contribution >= 4 is 11.6 Å². The molecule has 108 valence electrons. The van der Waals surface area contributed by atoms with Gasteiger partial charge in [-0.1, -0.05) is 41.9 Å². The summed E-state index contributed by atoms with van der Waals surface area (Å²) < 4.78 is 1.94. The predicted molar refractivity (Wildman–Crippen MR) is 84.0 cm³/mol. The van der Waals surface area contributed by atoms with Crippen molar-refractivity contribution in [3.8, 4) is 11.4 Å². The maximum atomic E-state index is 6.48. The summed E-state index contributed by atoms with van der Waals surface area (Å²) in [6.45, 7) is 0.804. The van der Waals surface area contributed by atoms with Gasteiger partial charge in [-0.3, -0.25) is 4.90 Å². The molecule has 2 rings (SSSR count). The van der Waals surface area contributed by atoms with Crippen LogP contribution in [0.2, 0.25) is 5.15 Å². The molecule has 1 heterocycles. The Morgan fingerprint density at radius 1 is 1.30 bits per heavy atom. The zero-order valence-corrected chi connectivity index (χ0v) is 13.1. The van der Waals surface area contributed by atoms with Gasteiger partial charge < -0.3 is 9.88 Å². The second kappa shape index (κ2) is 6.39. The van der Waals surface area contributed by atoms with Crippen molar-refractivity contribution in [1.82, 2.24) is 19.8 Å². The largest absolute Gasteiger partial charge is 0.318 e. The maximum Gasteiger partial charge on any atom is 0.141 e. The van der Waals surface area contributed by atoms with Gasteiger partial charge >= 0.3 is 0 Å². The summed E-state index contributed by atoms with van der Waals surface area (Å²) >= 11 is 6.48. The molecule has 1 unspecified atom stereocenters. The molecule has 0 aliphatic carbocycles. The zero-order valence-electron chi connectivity index (χ0n) is 12.4. The van der Waals surface area contributed by atoms with E-state index < -0.39 is 0 Å². The molecule has 0 radical (unpaired) electrons. The fourth-order valence-electron chi connectivity index (χ4n) is 2.27. The van der Waals surface area contributed by atoms with Crippen molar-refractivity contribution in [2.24, 2.45) is 7.05 Å². The summed E-state index contributed by atoms with van der Waals surface area (Å²) in [5, 5.41) is 3.89. The monoisotopic (exact) mass is 292 g/mol. The number of likely N-dealkylation sites (N-methyl/N-ethyl adjacent to an activating group) is 2. The van der Waals surface area contributed by atoms with E-state index in [1.54, 1.807) is 0 Å². The summed E-state index contributed by atoms with van der Waals surface area (Å²) in [5.74, 6) is 0.897. The third kappa shape index (κ3) is 2.87. The van der Waals surface area contributed by atoms with Gasteiger partial charge in [0.05, 0.1) is 11.7 Å². The van der Waals surface area contributed by atoms with Gasteiger partial charge in [-0.15, -0.1) is 0 Å². The molecular formula is C15H21ClN4. The van der Waals surface area contributed by atoms with E-state index in [9.17, 15) is 0 Å². The van der Waals surface area contributed by atoms with Crippen LogP contribution in [0.5, 0.6) is 0 Å². The van der Waals surface area contributed by atoms with Crippen LogP contribution in [0.15, 0.2) is 30.3 Å². The lowest BCUT2D eigenvalue weighted by Gasteiger charge is -2.22. The first-order valence-corrected chi connectivity index (χ1v) is 7.02. The van der Waals surface area contributed by atoms with Crippen LogP contribution in [0.25, 0.3) is 11.4 Å². The first kappa shape index (κ1) is 15.0. The minimum Gasteiger partial charge on any atom is -0.318 e. The molecule has 5 heteroatoms. The fraction of sp³-hybridized carbons (Fsp3) is 0.400. The van der Waals surface area contributed by atoms with Gasteiger partial charge in [0, 0.05) is 19.2 Å². The van der Waals surface area contributed by atoms with Crippen LogP contribution in [0.4, 0.5) is 0 Å². The summed E-state index contributed by atoms with van der Waals surface area (Å²) in [5.41, 5.74) is 1.98. The third-order valence-corrected chi connectivity index (χ3v) is 3.87. The number of aromatic nitrogens is 2. The lowest BCUT2D eigenvalue weighted by atomic mass is 10.2. The van der Waals surface area contributed by atoms with Crippen molar-refractivity contribution in [1.29, 1.82) is 0 Å². The highest BCUT2D eigenvalue weighted by Gasteiger charge is 2.23. The summed E-state index contributed by atoms with van der Waals surface area (Å²) in [6, 6.07) is 10.3.